The van der Waals surface area contributed by atoms with Gasteiger partial charge in [0, 0.05) is 43.8 Å². The minimum atomic E-state index is -5.77. The van der Waals surface area contributed by atoms with Gasteiger partial charge >= 0.3 is 31.3 Å². The molecular formula is C32H24N8O13P4. The zero-order valence-electron chi connectivity index (χ0n) is 28.3. The highest BCUT2D eigenvalue weighted by Gasteiger charge is 2.44. The molecule has 4 aromatic carbocycles. The molecule has 0 saturated carbocycles. The van der Waals surface area contributed by atoms with E-state index in [-0.39, 0.29) is 0 Å². The van der Waals surface area contributed by atoms with Crippen LogP contribution in [-0.4, -0.2) is 69.2 Å². The quantitative estimate of drug-likeness (QED) is 0.0851. The third-order valence-corrected chi connectivity index (χ3v) is 13.1. The van der Waals surface area contributed by atoms with Crippen LogP contribution in [0.15, 0.2) is 97.1 Å². The Hall–Kier alpha value is -5.20. The first-order valence-electron chi connectivity index (χ1n) is 16.0. The van der Waals surface area contributed by atoms with Crippen LogP contribution < -0.4 is 0 Å². The van der Waals surface area contributed by atoms with Crippen LogP contribution in [-0.2, 0) is 31.2 Å². The largest absolute Gasteiger partial charge is 0.490 e. The standard InChI is InChI=1S/C32H18N8.H6O13P4/c1-2-10-18-17(9-1)25-33-26(18)38-28-21-13-5-6-14-22(21)30(35-28)40-32-24-16-8-7-15-23(24)31(36-32)39-29-20-12-4-3-11-19(20)27(34-29)37-25;1-14(2,3)11-16(7,8)13-17(9,10)12-15(4,5)6/h1-16H,(H2,33,34,35,36,37,38,39,40);(H,7,8)(H,9,10)(H2,1,2,3)(H2,4,5,6). The second kappa shape index (κ2) is 14.3. The lowest BCUT2D eigenvalue weighted by molar-refractivity contribution is 0.193. The van der Waals surface area contributed by atoms with E-state index in [4.69, 9.17) is 59.3 Å². The van der Waals surface area contributed by atoms with Crippen molar-refractivity contribution in [3.63, 3.8) is 0 Å². The second-order valence-electron chi connectivity index (χ2n) is 12.0. The van der Waals surface area contributed by atoms with Crippen molar-refractivity contribution in [2.75, 3.05) is 0 Å². The van der Waals surface area contributed by atoms with Gasteiger partial charge in [0.25, 0.3) is 0 Å². The van der Waals surface area contributed by atoms with E-state index in [1.807, 2.05) is 97.1 Å². The molecule has 0 radical (unpaired) electrons. The van der Waals surface area contributed by atoms with Crippen molar-refractivity contribution < 1.29 is 60.6 Å². The highest BCUT2D eigenvalue weighted by atomic mass is 31.3. The van der Waals surface area contributed by atoms with E-state index < -0.39 is 31.3 Å². The minimum Gasteiger partial charge on any atom is -0.324 e. The number of benzene rings is 4. The smallest absolute Gasteiger partial charge is 0.324 e. The van der Waals surface area contributed by atoms with Gasteiger partial charge in [-0.3, -0.25) is 0 Å². The summed E-state index contributed by atoms with van der Waals surface area (Å²) in [7, 11) is -22.6. The van der Waals surface area contributed by atoms with Gasteiger partial charge in [-0.15, -0.1) is 0 Å². The molecule has 290 valence electrons. The lowest BCUT2D eigenvalue weighted by atomic mass is 10.1. The number of nitrogens with zero attached hydrogens (tertiary/aromatic N) is 6. The number of hydrogen-bond acceptors (Lipinski definition) is 13. The van der Waals surface area contributed by atoms with Gasteiger partial charge in [0.1, 0.15) is 22.6 Å². The summed E-state index contributed by atoms with van der Waals surface area (Å²) >= 11 is 0. The highest BCUT2D eigenvalue weighted by molar-refractivity contribution is 7.69. The number of aromatic nitrogens is 8. The first-order chi connectivity index (χ1) is 26.9. The van der Waals surface area contributed by atoms with Gasteiger partial charge in [-0.05, 0) is 0 Å². The summed E-state index contributed by atoms with van der Waals surface area (Å²) in [5.41, 5.74) is 6.45. The summed E-state index contributed by atoms with van der Waals surface area (Å²) in [6.45, 7) is 0. The summed E-state index contributed by atoms with van der Waals surface area (Å²) < 4.78 is 50.9. The maximum absolute atomic E-state index is 10.7. The van der Waals surface area contributed by atoms with E-state index in [2.05, 4.69) is 22.9 Å². The van der Waals surface area contributed by atoms with Crippen LogP contribution >= 0.6 is 31.3 Å². The molecule has 2 aliphatic heterocycles. The second-order valence-corrected chi connectivity index (χ2v) is 17.8. The van der Waals surface area contributed by atoms with Crippen LogP contribution in [0.5, 0.6) is 0 Å². The molecular weight excluding hydrogens is 828 g/mol. The van der Waals surface area contributed by atoms with Gasteiger partial charge in [-0.25, -0.2) is 48.2 Å². The molecule has 0 fully saturated rings. The summed E-state index contributed by atoms with van der Waals surface area (Å²) in [6.07, 6.45) is 0. The maximum Gasteiger partial charge on any atom is 0.490 e. The molecule has 57 heavy (non-hydrogen) atoms. The molecule has 0 spiro atoms. The van der Waals surface area contributed by atoms with Crippen LogP contribution in [0.2, 0.25) is 0 Å². The SMILES string of the molecule is O=P(O)(O)OP(=O)(O)OP(=O)(O)OP(=O)(O)O.c1ccc2c(c1)-c1nc-2nc2[nH]c(nc3nc(nc4[nH]c(n1)c1ccccc41)-c1ccccc1-3)c1ccccc21. The van der Waals surface area contributed by atoms with E-state index in [0.29, 0.717) is 45.9 Å². The molecule has 5 heterocycles. The van der Waals surface area contributed by atoms with E-state index in [9.17, 15) is 18.3 Å². The summed E-state index contributed by atoms with van der Waals surface area (Å²) in [5.74, 6) is 2.39. The Balaban J connectivity index is 0.000000229. The number of H-pyrrole nitrogens is 2. The van der Waals surface area contributed by atoms with Gasteiger partial charge in [-0.2, -0.15) is 12.9 Å². The number of phosphoric acid groups is 4. The molecule has 21 nitrogen and oxygen atoms in total. The Morgan fingerprint density at radius 3 is 0.860 bits per heavy atom. The molecule has 0 saturated heterocycles. The molecule has 2 aliphatic rings. The predicted octanol–water partition coefficient (Wildman–Crippen LogP) is 6.29. The number of fused-ring (bicyclic) bond motifs is 20. The third kappa shape index (κ3) is 8.29. The van der Waals surface area contributed by atoms with Gasteiger partial charge in [0.2, 0.25) is 0 Å². The Morgan fingerprint density at radius 2 is 0.614 bits per heavy atom. The third-order valence-electron chi connectivity index (χ3n) is 8.09. The summed E-state index contributed by atoms with van der Waals surface area (Å²) in [6, 6.07) is 32.2. The van der Waals surface area contributed by atoms with Crippen molar-refractivity contribution in [2.45, 2.75) is 0 Å². The van der Waals surface area contributed by atoms with Crippen molar-refractivity contribution in [2.24, 2.45) is 0 Å². The predicted molar refractivity (Wildman–Crippen MR) is 203 cm³/mol. The molecule has 2 unspecified atom stereocenters. The van der Waals surface area contributed by atoms with Crippen molar-refractivity contribution in [1.82, 2.24) is 39.9 Å². The number of hydrogen-bond donors (Lipinski definition) is 8. The van der Waals surface area contributed by atoms with Crippen LogP contribution in [0.3, 0.4) is 0 Å². The summed E-state index contributed by atoms with van der Waals surface area (Å²) in [4.78, 5) is 86.2. The lowest BCUT2D eigenvalue weighted by Crippen LogP contribution is -1.95. The van der Waals surface area contributed by atoms with Crippen LogP contribution in [0.25, 0.3) is 89.7 Å². The van der Waals surface area contributed by atoms with Crippen molar-refractivity contribution in [3.05, 3.63) is 97.1 Å². The van der Waals surface area contributed by atoms with E-state index in [0.717, 1.165) is 43.8 Å². The van der Waals surface area contributed by atoms with Gasteiger partial charge in [0.15, 0.2) is 23.3 Å². The zero-order chi connectivity index (χ0) is 40.3. The first-order valence-corrected chi connectivity index (χ1v) is 22.1. The number of rotatable bonds is 6. The Kier molecular flexibility index (Phi) is 9.71. The molecule has 0 aliphatic carbocycles. The van der Waals surface area contributed by atoms with Crippen molar-refractivity contribution in [1.29, 1.82) is 0 Å². The Morgan fingerprint density at radius 1 is 0.368 bits per heavy atom. The molecule has 25 heteroatoms. The Labute approximate surface area is 317 Å². The summed E-state index contributed by atoms with van der Waals surface area (Å²) in [5, 5.41) is 3.82. The average molecular weight is 852 g/mol. The van der Waals surface area contributed by atoms with Gasteiger partial charge in [-0.1, -0.05) is 97.1 Å². The minimum absolute atomic E-state index is 0.597. The lowest BCUT2D eigenvalue weighted by Gasteiger charge is -2.15. The topological polar surface area (TPSA) is 326 Å². The average Bonchev–Trinajstić information content (AvgIpc) is 3.85. The van der Waals surface area contributed by atoms with Crippen LogP contribution in [0.1, 0.15) is 0 Å². The van der Waals surface area contributed by atoms with E-state index >= 15 is 0 Å². The zero-order valence-corrected chi connectivity index (χ0v) is 31.8. The number of aromatic amines is 2. The molecule has 0 amide bonds. The fraction of sp³-hybridized carbons (Fsp3) is 0. The molecule has 3 aromatic heterocycles. The Bertz CT molecular complexity index is 2790. The van der Waals surface area contributed by atoms with Gasteiger partial charge in [0.05, 0.1) is 0 Å². The molecule has 2 atom stereocenters. The first kappa shape index (κ1) is 38.7. The van der Waals surface area contributed by atoms with Crippen LogP contribution in [0.4, 0.5) is 0 Å². The number of nitrogens with one attached hydrogen (secondary N) is 2. The fourth-order valence-electron chi connectivity index (χ4n) is 6.02. The normalized spacial score (nSPS) is 14.6. The monoisotopic (exact) mass is 852 g/mol. The van der Waals surface area contributed by atoms with E-state index in [1.54, 1.807) is 0 Å². The fourth-order valence-corrected chi connectivity index (χ4v) is 9.99. The van der Waals surface area contributed by atoms with E-state index in [1.165, 1.54) is 0 Å². The maximum atomic E-state index is 10.7. The molecule has 9 rings (SSSR count). The molecule has 8 N–H and O–H groups in total. The molecule has 7 aromatic rings. The van der Waals surface area contributed by atoms with Crippen molar-refractivity contribution in [3.8, 4) is 45.6 Å². The molecule has 8 bridgehead atoms. The van der Waals surface area contributed by atoms with Gasteiger partial charge < -0.3 is 39.3 Å². The van der Waals surface area contributed by atoms with Crippen molar-refractivity contribution >= 4 is 75.4 Å². The highest BCUT2D eigenvalue weighted by Crippen LogP contribution is 2.69. The van der Waals surface area contributed by atoms with Crippen LogP contribution in [0, 0.1) is 0 Å².